The Kier molecular flexibility index (Phi) is 5.64. The molecule has 9 aromatic rings. The first-order valence-electron chi connectivity index (χ1n) is 14.6. The lowest BCUT2D eigenvalue weighted by Crippen LogP contribution is -2.06. The van der Waals surface area contributed by atoms with Crippen molar-refractivity contribution in [1.29, 1.82) is 0 Å². The summed E-state index contributed by atoms with van der Waals surface area (Å²) in [4.78, 5) is 15.3. The smallest absolute Gasteiger partial charge is 0.238 e. The molecule has 206 valence electrons. The van der Waals surface area contributed by atoms with Crippen molar-refractivity contribution >= 4 is 53.3 Å². The van der Waals surface area contributed by atoms with E-state index >= 15 is 0 Å². The molecule has 0 fully saturated rings. The van der Waals surface area contributed by atoms with Gasteiger partial charge in [-0.2, -0.15) is 9.97 Å². The van der Waals surface area contributed by atoms with Gasteiger partial charge in [-0.05, 0) is 47.5 Å². The van der Waals surface area contributed by atoms with Crippen LogP contribution in [0.2, 0.25) is 0 Å². The maximum absolute atomic E-state index is 5.17. The first kappa shape index (κ1) is 24.9. The van der Waals surface area contributed by atoms with E-state index in [0.29, 0.717) is 17.6 Å². The number of thiophene rings is 1. The molecule has 0 saturated heterocycles. The number of para-hydroxylation sites is 2. The van der Waals surface area contributed by atoms with Crippen LogP contribution in [-0.4, -0.2) is 19.5 Å². The second-order valence-corrected chi connectivity index (χ2v) is 12.0. The van der Waals surface area contributed by atoms with Gasteiger partial charge in [0.2, 0.25) is 5.95 Å². The van der Waals surface area contributed by atoms with E-state index in [1.807, 2.05) is 29.5 Å². The molecular weight excluding hydrogens is 557 g/mol. The fourth-order valence-corrected chi connectivity index (χ4v) is 7.38. The lowest BCUT2D eigenvalue weighted by Gasteiger charge is -2.11. The van der Waals surface area contributed by atoms with Crippen molar-refractivity contribution in [3.63, 3.8) is 0 Å². The van der Waals surface area contributed by atoms with Crippen LogP contribution in [0.25, 0.3) is 81.8 Å². The number of benzene rings is 6. The van der Waals surface area contributed by atoms with Crippen molar-refractivity contribution in [2.24, 2.45) is 0 Å². The zero-order valence-corrected chi connectivity index (χ0v) is 24.4. The summed E-state index contributed by atoms with van der Waals surface area (Å²) in [7, 11) is 0. The Labute approximate surface area is 257 Å². The van der Waals surface area contributed by atoms with Crippen LogP contribution >= 0.6 is 11.3 Å². The van der Waals surface area contributed by atoms with Crippen LogP contribution in [0.4, 0.5) is 0 Å². The second kappa shape index (κ2) is 9.97. The van der Waals surface area contributed by atoms with Crippen molar-refractivity contribution in [2.75, 3.05) is 0 Å². The van der Waals surface area contributed by atoms with Crippen molar-refractivity contribution in [1.82, 2.24) is 19.5 Å². The van der Waals surface area contributed by atoms with Gasteiger partial charge in [-0.15, -0.1) is 11.3 Å². The van der Waals surface area contributed by atoms with Gasteiger partial charge in [0, 0.05) is 42.1 Å². The average molecular weight is 581 g/mol. The fraction of sp³-hybridized carbons (Fsp3) is 0. The summed E-state index contributed by atoms with van der Waals surface area (Å²) in [5.74, 6) is 1.90. The van der Waals surface area contributed by atoms with Crippen LogP contribution in [0.1, 0.15) is 0 Å². The van der Waals surface area contributed by atoms with Gasteiger partial charge in [0.15, 0.2) is 11.6 Å². The van der Waals surface area contributed by atoms with Gasteiger partial charge >= 0.3 is 0 Å². The third-order valence-corrected chi connectivity index (χ3v) is 9.41. The van der Waals surface area contributed by atoms with E-state index in [1.165, 1.54) is 42.1 Å². The number of fused-ring (bicyclic) bond motifs is 6. The molecule has 0 aliphatic heterocycles. The maximum atomic E-state index is 5.17. The van der Waals surface area contributed by atoms with Crippen LogP contribution < -0.4 is 0 Å². The standard InChI is InChI=1S/C39H24N4S/c1-3-12-25(13-4-1)28-18-11-21-35-36(28)31-24-27(22-23-34(31)44-35)38-40-37(26-14-5-2-6-15-26)41-39(42-38)43-32-19-9-7-16-29(32)30-17-8-10-20-33(30)43/h1-24H. The predicted molar refractivity (Wildman–Crippen MR) is 183 cm³/mol. The summed E-state index contributed by atoms with van der Waals surface area (Å²) in [6.45, 7) is 0. The van der Waals surface area contributed by atoms with Crippen LogP contribution in [0.15, 0.2) is 146 Å². The van der Waals surface area contributed by atoms with Crippen LogP contribution in [0.3, 0.4) is 0 Å². The lowest BCUT2D eigenvalue weighted by molar-refractivity contribution is 0.954. The highest BCUT2D eigenvalue weighted by molar-refractivity contribution is 7.26. The summed E-state index contributed by atoms with van der Waals surface area (Å²) in [5.41, 5.74) is 6.49. The van der Waals surface area contributed by atoms with Gasteiger partial charge < -0.3 is 0 Å². The van der Waals surface area contributed by atoms with Crippen LogP contribution in [0, 0.1) is 0 Å². The Morgan fingerprint density at radius 3 is 1.75 bits per heavy atom. The van der Waals surface area contributed by atoms with Crippen molar-refractivity contribution in [3.05, 3.63) is 146 Å². The fourth-order valence-electron chi connectivity index (χ4n) is 6.27. The molecule has 0 radical (unpaired) electrons. The van der Waals surface area contributed by atoms with Crippen LogP contribution in [0.5, 0.6) is 0 Å². The molecule has 0 aliphatic carbocycles. The van der Waals surface area contributed by atoms with Gasteiger partial charge in [0.05, 0.1) is 11.0 Å². The minimum absolute atomic E-state index is 0.603. The molecule has 3 heterocycles. The largest absolute Gasteiger partial charge is 0.278 e. The van der Waals surface area contributed by atoms with Gasteiger partial charge in [0.1, 0.15) is 0 Å². The minimum atomic E-state index is 0.603. The Hall–Kier alpha value is -5.65. The molecule has 5 heteroatoms. The first-order chi connectivity index (χ1) is 21.8. The normalized spacial score (nSPS) is 11.6. The van der Waals surface area contributed by atoms with E-state index in [1.54, 1.807) is 0 Å². The van der Waals surface area contributed by atoms with Gasteiger partial charge in [-0.3, -0.25) is 4.57 Å². The summed E-state index contributed by atoms with van der Waals surface area (Å²) >= 11 is 1.82. The minimum Gasteiger partial charge on any atom is -0.278 e. The van der Waals surface area contributed by atoms with Crippen molar-refractivity contribution < 1.29 is 0 Å². The molecule has 0 unspecified atom stereocenters. The zero-order chi connectivity index (χ0) is 29.0. The number of hydrogen-bond donors (Lipinski definition) is 0. The highest BCUT2D eigenvalue weighted by atomic mass is 32.1. The Morgan fingerprint density at radius 2 is 1.05 bits per heavy atom. The average Bonchev–Trinajstić information content (AvgIpc) is 3.64. The summed E-state index contributed by atoms with van der Waals surface area (Å²) < 4.78 is 4.67. The molecular formula is C39H24N4S. The van der Waals surface area contributed by atoms with E-state index in [-0.39, 0.29) is 0 Å². The molecule has 4 nitrogen and oxygen atoms in total. The van der Waals surface area contributed by atoms with Gasteiger partial charge in [0.25, 0.3) is 0 Å². The molecule has 0 bridgehead atoms. The molecule has 0 spiro atoms. The molecule has 9 rings (SSSR count). The predicted octanol–water partition coefficient (Wildman–Crippen LogP) is 10.3. The van der Waals surface area contributed by atoms with E-state index < -0.39 is 0 Å². The molecule has 0 aliphatic rings. The quantitative estimate of drug-likeness (QED) is 0.208. The molecule has 44 heavy (non-hydrogen) atoms. The molecule has 0 atom stereocenters. The number of hydrogen-bond acceptors (Lipinski definition) is 4. The Bertz CT molecular complexity index is 2440. The van der Waals surface area contributed by atoms with E-state index in [4.69, 9.17) is 15.0 Å². The zero-order valence-electron chi connectivity index (χ0n) is 23.6. The Morgan fingerprint density at radius 1 is 0.432 bits per heavy atom. The van der Waals surface area contributed by atoms with Gasteiger partial charge in [-0.1, -0.05) is 109 Å². The molecule has 6 aromatic carbocycles. The second-order valence-electron chi connectivity index (χ2n) is 10.9. The van der Waals surface area contributed by atoms with E-state index in [0.717, 1.165) is 22.2 Å². The van der Waals surface area contributed by atoms with Crippen molar-refractivity contribution in [2.45, 2.75) is 0 Å². The summed E-state index contributed by atoms with van der Waals surface area (Å²) in [5, 5.41) is 4.82. The monoisotopic (exact) mass is 580 g/mol. The highest BCUT2D eigenvalue weighted by Crippen LogP contribution is 2.41. The molecule has 0 amide bonds. The molecule has 3 aromatic heterocycles. The maximum Gasteiger partial charge on any atom is 0.238 e. The number of nitrogens with zero attached hydrogens (tertiary/aromatic N) is 4. The first-order valence-corrected chi connectivity index (χ1v) is 15.4. The van der Waals surface area contributed by atoms with E-state index in [2.05, 4.69) is 132 Å². The summed E-state index contributed by atoms with van der Waals surface area (Å²) in [6.07, 6.45) is 0. The highest BCUT2D eigenvalue weighted by Gasteiger charge is 2.18. The Balaban J connectivity index is 1.32. The van der Waals surface area contributed by atoms with Crippen LogP contribution in [-0.2, 0) is 0 Å². The lowest BCUT2D eigenvalue weighted by atomic mass is 9.99. The van der Waals surface area contributed by atoms with E-state index in [9.17, 15) is 0 Å². The molecule has 0 N–H and O–H groups in total. The number of aromatic nitrogens is 4. The third kappa shape index (κ3) is 3.94. The topological polar surface area (TPSA) is 43.6 Å². The third-order valence-electron chi connectivity index (χ3n) is 8.27. The van der Waals surface area contributed by atoms with Gasteiger partial charge in [-0.25, -0.2) is 4.98 Å². The SMILES string of the molecule is c1ccc(-c2nc(-c3ccc4sc5cccc(-c6ccccc6)c5c4c3)nc(-n3c4ccccc4c4ccccc43)n2)cc1. The van der Waals surface area contributed by atoms with Crippen molar-refractivity contribution in [3.8, 4) is 39.9 Å². The summed E-state index contributed by atoms with van der Waals surface area (Å²) in [6, 6.07) is 50.8. The number of rotatable bonds is 4. The molecule has 0 saturated carbocycles.